The number of nitrogens with one attached hydrogen (secondary N) is 1. The number of hydrogen-bond donors (Lipinski definition) is 2. The van der Waals surface area contributed by atoms with Gasteiger partial charge < -0.3 is 34.3 Å². The van der Waals surface area contributed by atoms with Gasteiger partial charge in [0.15, 0.2) is 11.5 Å². The van der Waals surface area contributed by atoms with Gasteiger partial charge >= 0.3 is 12.1 Å². The van der Waals surface area contributed by atoms with Crippen LogP contribution in [0.25, 0.3) is 10.9 Å². The Morgan fingerprint density at radius 1 is 1.02 bits per heavy atom. The number of alkyl carbamates (subject to hydrolysis) is 1. The monoisotopic (exact) mass is 572 g/mol. The number of carboxylic acids is 1. The topological polar surface area (TPSA) is 149 Å². The molecule has 12 heteroatoms. The van der Waals surface area contributed by atoms with Crippen molar-refractivity contribution in [1.82, 2.24) is 20.2 Å². The minimum atomic E-state index is -1.16. The number of aromatic nitrogens is 2. The van der Waals surface area contributed by atoms with Gasteiger partial charge in [0.25, 0.3) is 0 Å². The average Bonchev–Trinajstić information content (AvgIpc) is 3.63. The van der Waals surface area contributed by atoms with E-state index in [9.17, 15) is 19.5 Å². The highest BCUT2D eigenvalue weighted by atomic mass is 16.6. The first-order valence-electron chi connectivity index (χ1n) is 13.7. The smallest absolute Gasteiger partial charge is 0.408 e. The molecule has 0 radical (unpaired) electrons. The number of likely N-dealkylation sites (tertiary alicyclic amines) is 1. The number of carbonyl (C=O) groups is 3. The number of benzene rings is 1. The summed E-state index contributed by atoms with van der Waals surface area (Å²) in [5.74, 6) is 0.470. The van der Waals surface area contributed by atoms with Crippen molar-refractivity contribution in [3.05, 3.63) is 18.0 Å². The SMILES string of the molecule is COc1cc2nc(C3CC3)nc(O[C@@H]3C[C@@H](C(=O)O)N(C(=O)C(NC(=O)OC(C)(C)C)C(C)(C)C)C3)c2cc1OC. The zero-order chi connectivity index (χ0) is 30.3. The molecule has 1 aromatic carbocycles. The normalized spacial score (nSPS) is 20.0. The predicted octanol–water partition coefficient (Wildman–Crippen LogP) is 3.90. The van der Waals surface area contributed by atoms with E-state index >= 15 is 0 Å². The first-order valence-corrected chi connectivity index (χ1v) is 13.7. The molecule has 2 heterocycles. The third-order valence-electron chi connectivity index (χ3n) is 7.01. The van der Waals surface area contributed by atoms with Gasteiger partial charge in [0.2, 0.25) is 11.8 Å². The van der Waals surface area contributed by atoms with Gasteiger partial charge in [0.1, 0.15) is 29.6 Å². The number of aliphatic carboxylic acids is 1. The summed E-state index contributed by atoms with van der Waals surface area (Å²) in [5.41, 5.74) is -0.879. The van der Waals surface area contributed by atoms with E-state index in [0.29, 0.717) is 34.1 Å². The maximum Gasteiger partial charge on any atom is 0.408 e. The van der Waals surface area contributed by atoms with E-state index in [-0.39, 0.29) is 18.9 Å². The van der Waals surface area contributed by atoms with Crippen LogP contribution in [0.4, 0.5) is 4.79 Å². The first-order chi connectivity index (χ1) is 19.1. The Labute approximate surface area is 239 Å². The van der Waals surface area contributed by atoms with Crippen molar-refractivity contribution in [2.75, 3.05) is 20.8 Å². The highest BCUT2D eigenvalue weighted by Gasteiger charge is 2.46. The third kappa shape index (κ3) is 6.91. The Balaban J connectivity index is 1.63. The zero-order valence-electron chi connectivity index (χ0n) is 24.9. The van der Waals surface area contributed by atoms with Gasteiger partial charge in [-0.05, 0) is 45.1 Å². The predicted molar refractivity (Wildman–Crippen MR) is 149 cm³/mol. The Morgan fingerprint density at radius 3 is 2.20 bits per heavy atom. The van der Waals surface area contributed by atoms with Crippen LogP contribution < -0.4 is 19.5 Å². The van der Waals surface area contributed by atoms with Crippen molar-refractivity contribution in [1.29, 1.82) is 0 Å². The lowest BCUT2D eigenvalue weighted by Crippen LogP contribution is -2.57. The number of ether oxygens (including phenoxy) is 4. The van der Waals surface area contributed by atoms with E-state index in [4.69, 9.17) is 28.9 Å². The van der Waals surface area contributed by atoms with Gasteiger partial charge in [-0.1, -0.05) is 20.8 Å². The van der Waals surface area contributed by atoms with Crippen molar-refractivity contribution in [2.24, 2.45) is 5.41 Å². The second-order valence-electron chi connectivity index (χ2n) is 12.7. The van der Waals surface area contributed by atoms with E-state index in [0.717, 1.165) is 12.8 Å². The van der Waals surface area contributed by atoms with Crippen molar-refractivity contribution in [3.8, 4) is 17.4 Å². The first kappa shape index (κ1) is 30.1. The van der Waals surface area contributed by atoms with Gasteiger partial charge in [0, 0.05) is 18.4 Å². The summed E-state index contributed by atoms with van der Waals surface area (Å²) < 4.78 is 22.6. The molecule has 1 aliphatic heterocycles. The highest BCUT2D eigenvalue weighted by Crippen LogP contribution is 2.42. The molecular weight excluding hydrogens is 532 g/mol. The van der Waals surface area contributed by atoms with Gasteiger partial charge in [-0.2, -0.15) is 4.98 Å². The van der Waals surface area contributed by atoms with Crippen molar-refractivity contribution < 1.29 is 38.4 Å². The van der Waals surface area contributed by atoms with Crippen LogP contribution in [0.1, 0.15) is 72.5 Å². The molecule has 4 rings (SSSR count). The lowest BCUT2D eigenvalue weighted by molar-refractivity contribution is -0.150. The molecule has 0 bridgehead atoms. The van der Waals surface area contributed by atoms with Crippen LogP contribution in [-0.2, 0) is 14.3 Å². The Bertz CT molecular complexity index is 1330. The molecule has 1 saturated carbocycles. The van der Waals surface area contributed by atoms with E-state index < -0.39 is 47.2 Å². The average molecular weight is 573 g/mol. The van der Waals surface area contributed by atoms with Crippen LogP contribution in [0.15, 0.2) is 12.1 Å². The standard InChI is InChI=1S/C29H40N4O8/c1-28(2,3)22(31-27(37)41-29(4,5)6)25(34)33-14-16(11-19(33)26(35)36)40-24-17-12-20(38-7)21(39-8)13-18(17)30-23(32-24)15-9-10-15/h12-13,15-16,19,22H,9-11,14H2,1-8H3,(H,31,37)(H,35,36)/t16-,19+,22?/m1/s1. The molecule has 1 aliphatic carbocycles. The van der Waals surface area contributed by atoms with E-state index in [2.05, 4.69) is 5.32 Å². The minimum Gasteiger partial charge on any atom is -0.493 e. The summed E-state index contributed by atoms with van der Waals surface area (Å²) in [6.45, 7) is 10.5. The van der Waals surface area contributed by atoms with Gasteiger partial charge in [-0.25, -0.2) is 14.6 Å². The Kier molecular flexibility index (Phi) is 8.24. The fraction of sp³-hybridized carbons (Fsp3) is 0.621. The van der Waals surface area contributed by atoms with Gasteiger partial charge in [-0.3, -0.25) is 4.79 Å². The maximum absolute atomic E-state index is 13.8. The van der Waals surface area contributed by atoms with Crippen molar-refractivity contribution in [3.63, 3.8) is 0 Å². The summed E-state index contributed by atoms with van der Waals surface area (Å²) in [7, 11) is 3.07. The highest BCUT2D eigenvalue weighted by molar-refractivity contribution is 5.91. The second-order valence-corrected chi connectivity index (χ2v) is 12.7. The number of carbonyl (C=O) groups excluding carboxylic acids is 2. The summed E-state index contributed by atoms with van der Waals surface area (Å²) >= 11 is 0. The van der Waals surface area contributed by atoms with Crippen molar-refractivity contribution >= 4 is 28.9 Å². The lowest BCUT2D eigenvalue weighted by Gasteiger charge is -2.35. The van der Waals surface area contributed by atoms with Gasteiger partial charge in [0.05, 0.1) is 31.7 Å². The maximum atomic E-state index is 13.8. The number of nitrogens with zero attached hydrogens (tertiary/aromatic N) is 3. The van der Waals surface area contributed by atoms with Crippen molar-refractivity contribution in [2.45, 2.75) is 90.5 Å². The molecular formula is C29H40N4O8. The Morgan fingerprint density at radius 2 is 1.66 bits per heavy atom. The fourth-order valence-electron chi connectivity index (χ4n) is 4.82. The minimum absolute atomic E-state index is 0.00404. The number of methoxy groups -OCH3 is 2. The van der Waals surface area contributed by atoms with E-state index in [1.807, 2.05) is 0 Å². The van der Waals surface area contributed by atoms with Crippen LogP contribution >= 0.6 is 0 Å². The van der Waals surface area contributed by atoms with Crippen LogP contribution in [0.3, 0.4) is 0 Å². The molecule has 224 valence electrons. The summed E-state index contributed by atoms with van der Waals surface area (Å²) in [6, 6.07) is 1.31. The third-order valence-corrected chi connectivity index (χ3v) is 7.01. The molecule has 12 nitrogen and oxygen atoms in total. The van der Waals surface area contributed by atoms with Crippen LogP contribution in [0.5, 0.6) is 17.4 Å². The quantitative estimate of drug-likeness (QED) is 0.477. The number of fused-ring (bicyclic) bond motifs is 1. The molecule has 2 N–H and O–H groups in total. The Hall–Kier alpha value is -3.83. The van der Waals surface area contributed by atoms with Crippen LogP contribution in [0, 0.1) is 5.41 Å². The number of carboxylic acid groups (broad SMARTS) is 1. The molecule has 1 saturated heterocycles. The van der Waals surface area contributed by atoms with Gasteiger partial charge in [-0.15, -0.1) is 0 Å². The molecule has 1 aromatic heterocycles. The van der Waals surface area contributed by atoms with Crippen LogP contribution in [0.2, 0.25) is 0 Å². The van der Waals surface area contributed by atoms with E-state index in [1.165, 1.54) is 12.0 Å². The number of hydrogen-bond acceptors (Lipinski definition) is 9. The largest absolute Gasteiger partial charge is 0.493 e. The molecule has 2 aromatic rings. The fourth-order valence-corrected chi connectivity index (χ4v) is 4.82. The lowest BCUT2D eigenvalue weighted by atomic mass is 9.85. The molecule has 0 spiro atoms. The van der Waals surface area contributed by atoms with E-state index in [1.54, 1.807) is 60.8 Å². The number of amides is 2. The summed E-state index contributed by atoms with van der Waals surface area (Å²) in [6.07, 6.45) is 0.574. The van der Waals surface area contributed by atoms with Crippen LogP contribution in [-0.4, -0.2) is 82.5 Å². The molecule has 2 amide bonds. The molecule has 2 fully saturated rings. The molecule has 41 heavy (non-hydrogen) atoms. The molecule has 1 unspecified atom stereocenters. The second kappa shape index (κ2) is 11.2. The molecule has 3 atom stereocenters. The number of rotatable bonds is 8. The summed E-state index contributed by atoms with van der Waals surface area (Å²) in [5, 5.41) is 13.3. The zero-order valence-corrected chi connectivity index (χ0v) is 24.9. The molecule has 2 aliphatic rings. The summed E-state index contributed by atoms with van der Waals surface area (Å²) in [4.78, 5) is 49.4.